The molecular weight excluding hydrogens is 242 g/mol. The van der Waals surface area contributed by atoms with E-state index in [4.69, 9.17) is 9.47 Å². The molecule has 4 nitrogen and oxygen atoms in total. The Hall–Kier alpha value is -1.39. The molecule has 1 atom stereocenters. The second-order valence-electron chi connectivity index (χ2n) is 4.48. The zero-order chi connectivity index (χ0) is 14.3. The molecule has 0 spiro atoms. The van der Waals surface area contributed by atoms with Crippen molar-refractivity contribution in [2.45, 2.75) is 26.8 Å². The van der Waals surface area contributed by atoms with Crippen LogP contribution in [0.3, 0.4) is 0 Å². The molecule has 0 aliphatic rings. The van der Waals surface area contributed by atoms with Crippen molar-refractivity contribution in [1.82, 2.24) is 5.32 Å². The molecule has 0 aliphatic carbocycles. The van der Waals surface area contributed by atoms with Gasteiger partial charge in [-0.25, -0.2) is 4.79 Å². The number of carbonyl (C=O) groups excluding carboxylic acids is 1. The van der Waals surface area contributed by atoms with Crippen LogP contribution in [0.5, 0.6) is 0 Å². The van der Waals surface area contributed by atoms with Crippen LogP contribution in [0, 0.1) is 13.8 Å². The van der Waals surface area contributed by atoms with Gasteiger partial charge in [0.05, 0.1) is 13.2 Å². The number of esters is 1. The van der Waals surface area contributed by atoms with Crippen molar-refractivity contribution >= 4 is 5.97 Å². The van der Waals surface area contributed by atoms with Crippen molar-refractivity contribution in [3.8, 4) is 0 Å². The number of nitrogens with one attached hydrogen (secondary N) is 1. The molecule has 1 aromatic rings. The summed E-state index contributed by atoms with van der Waals surface area (Å²) in [7, 11) is 1.64. The first-order valence-electron chi connectivity index (χ1n) is 6.56. The second-order valence-corrected chi connectivity index (χ2v) is 4.48. The predicted octanol–water partition coefficient (Wildman–Crippen LogP) is 2.14. The summed E-state index contributed by atoms with van der Waals surface area (Å²) in [5.41, 5.74) is 3.31. The number of hydrogen-bond donors (Lipinski definition) is 1. The summed E-state index contributed by atoms with van der Waals surface area (Å²) in [4.78, 5) is 12.0. The van der Waals surface area contributed by atoms with Gasteiger partial charge in [0.15, 0.2) is 0 Å². The van der Waals surface area contributed by atoms with Gasteiger partial charge in [0.25, 0.3) is 0 Å². The van der Waals surface area contributed by atoms with Crippen LogP contribution >= 0.6 is 0 Å². The zero-order valence-electron chi connectivity index (χ0n) is 12.2. The van der Waals surface area contributed by atoms with Crippen LogP contribution in [-0.4, -0.2) is 32.8 Å². The Morgan fingerprint density at radius 1 is 1.32 bits per heavy atom. The average molecular weight is 265 g/mol. The van der Waals surface area contributed by atoms with E-state index in [2.05, 4.69) is 12.2 Å². The molecule has 0 aliphatic heterocycles. The third-order valence-electron chi connectivity index (χ3n) is 3.04. The van der Waals surface area contributed by atoms with E-state index in [9.17, 15) is 4.79 Å². The van der Waals surface area contributed by atoms with E-state index in [1.54, 1.807) is 7.11 Å². The number of aryl methyl sites for hydroxylation is 2. The predicted molar refractivity (Wildman–Crippen MR) is 75.2 cm³/mol. The number of rotatable bonds is 7. The molecule has 0 bridgehead atoms. The van der Waals surface area contributed by atoms with Gasteiger partial charge in [-0.1, -0.05) is 18.2 Å². The summed E-state index contributed by atoms with van der Waals surface area (Å²) in [5, 5.41) is 3.17. The smallest absolute Gasteiger partial charge is 0.327 e. The molecule has 1 N–H and O–H groups in total. The van der Waals surface area contributed by atoms with Crippen LogP contribution in [0.2, 0.25) is 0 Å². The van der Waals surface area contributed by atoms with Gasteiger partial charge >= 0.3 is 5.97 Å². The summed E-state index contributed by atoms with van der Waals surface area (Å²) in [6.07, 6.45) is 0. The second kappa shape index (κ2) is 7.92. The highest BCUT2D eigenvalue weighted by Gasteiger charge is 2.21. The first kappa shape index (κ1) is 15.7. The highest BCUT2D eigenvalue weighted by Crippen LogP contribution is 2.18. The summed E-state index contributed by atoms with van der Waals surface area (Å²) in [6.45, 7) is 7.44. The maximum atomic E-state index is 12.0. The lowest BCUT2D eigenvalue weighted by Crippen LogP contribution is -2.32. The molecule has 0 saturated heterocycles. The van der Waals surface area contributed by atoms with Gasteiger partial charge in [0.2, 0.25) is 0 Å². The first-order chi connectivity index (χ1) is 9.10. The van der Waals surface area contributed by atoms with Crippen LogP contribution in [0.15, 0.2) is 18.2 Å². The number of benzene rings is 1. The van der Waals surface area contributed by atoms with Crippen LogP contribution in [0.25, 0.3) is 0 Å². The molecule has 0 amide bonds. The fraction of sp³-hybridized carbons (Fsp3) is 0.533. The molecule has 0 fully saturated rings. The fourth-order valence-corrected chi connectivity index (χ4v) is 1.81. The highest BCUT2D eigenvalue weighted by atomic mass is 16.5. The van der Waals surface area contributed by atoms with Crippen molar-refractivity contribution in [2.24, 2.45) is 0 Å². The highest BCUT2D eigenvalue weighted by molar-refractivity contribution is 5.77. The third kappa shape index (κ3) is 4.65. The number of methoxy groups -OCH3 is 1. The Morgan fingerprint density at radius 2 is 2.05 bits per heavy atom. The quantitative estimate of drug-likeness (QED) is 0.606. The Balaban J connectivity index is 2.87. The van der Waals surface area contributed by atoms with Crippen molar-refractivity contribution in [2.75, 3.05) is 26.9 Å². The van der Waals surface area contributed by atoms with Gasteiger partial charge in [-0.2, -0.15) is 0 Å². The van der Waals surface area contributed by atoms with E-state index in [1.807, 2.05) is 32.0 Å². The molecular formula is C15H23NO3. The lowest BCUT2D eigenvalue weighted by atomic mass is 10.0. The van der Waals surface area contributed by atoms with Crippen LogP contribution in [0.1, 0.15) is 29.7 Å². The van der Waals surface area contributed by atoms with Crippen molar-refractivity contribution in [1.29, 1.82) is 0 Å². The molecule has 0 saturated carbocycles. The molecule has 106 valence electrons. The summed E-state index contributed by atoms with van der Waals surface area (Å²) in [5.74, 6) is -0.248. The molecule has 0 radical (unpaired) electrons. The first-order valence-corrected chi connectivity index (χ1v) is 6.56. The van der Waals surface area contributed by atoms with E-state index >= 15 is 0 Å². The molecule has 4 heteroatoms. The number of carbonyl (C=O) groups is 1. The van der Waals surface area contributed by atoms with Crippen LogP contribution in [0.4, 0.5) is 0 Å². The Bertz CT molecular complexity index is 418. The van der Waals surface area contributed by atoms with Crippen molar-refractivity contribution < 1.29 is 14.3 Å². The molecule has 1 rings (SSSR count). The Kier molecular flexibility index (Phi) is 6.53. The summed E-state index contributed by atoms with van der Waals surface area (Å²) in [6, 6.07) is 5.57. The molecule has 1 aromatic carbocycles. The monoisotopic (exact) mass is 265 g/mol. The minimum Gasteiger partial charge on any atom is -0.465 e. The molecule has 0 aromatic heterocycles. The van der Waals surface area contributed by atoms with Gasteiger partial charge in [-0.3, -0.25) is 5.32 Å². The van der Waals surface area contributed by atoms with E-state index in [1.165, 1.54) is 11.1 Å². The van der Waals surface area contributed by atoms with Gasteiger partial charge in [0, 0.05) is 13.7 Å². The lowest BCUT2D eigenvalue weighted by molar-refractivity contribution is -0.145. The fourth-order valence-electron chi connectivity index (χ4n) is 1.81. The Morgan fingerprint density at radius 3 is 2.63 bits per heavy atom. The van der Waals surface area contributed by atoms with Gasteiger partial charge in [-0.05, 0) is 37.5 Å². The van der Waals surface area contributed by atoms with Gasteiger partial charge < -0.3 is 9.47 Å². The SMILES string of the molecule is CCOC(=O)C(NCCOC)c1ccc(C)c(C)c1. The van der Waals surface area contributed by atoms with Crippen molar-refractivity contribution in [3.63, 3.8) is 0 Å². The minimum atomic E-state index is -0.436. The lowest BCUT2D eigenvalue weighted by Gasteiger charge is -2.18. The maximum absolute atomic E-state index is 12.0. The average Bonchev–Trinajstić information content (AvgIpc) is 2.38. The standard InChI is InChI=1S/C15H23NO3/c1-5-19-15(17)14(16-8-9-18-4)13-7-6-11(2)12(3)10-13/h6-7,10,14,16H,5,8-9H2,1-4H3. The number of ether oxygens (including phenoxy) is 2. The molecule has 19 heavy (non-hydrogen) atoms. The number of hydrogen-bond acceptors (Lipinski definition) is 4. The van der Waals surface area contributed by atoms with Crippen molar-refractivity contribution in [3.05, 3.63) is 34.9 Å². The molecule has 0 heterocycles. The van der Waals surface area contributed by atoms with Gasteiger partial charge in [-0.15, -0.1) is 0 Å². The Labute approximate surface area is 115 Å². The van der Waals surface area contributed by atoms with E-state index < -0.39 is 6.04 Å². The third-order valence-corrected chi connectivity index (χ3v) is 3.04. The van der Waals surface area contributed by atoms with E-state index in [0.717, 1.165) is 5.56 Å². The minimum absolute atomic E-state index is 0.248. The van der Waals surface area contributed by atoms with E-state index in [-0.39, 0.29) is 5.97 Å². The van der Waals surface area contributed by atoms with Crippen LogP contribution < -0.4 is 5.32 Å². The normalized spacial score (nSPS) is 12.2. The zero-order valence-corrected chi connectivity index (χ0v) is 12.2. The summed E-state index contributed by atoms with van der Waals surface area (Å²) < 4.78 is 10.1. The van der Waals surface area contributed by atoms with Crippen LogP contribution in [-0.2, 0) is 14.3 Å². The van der Waals surface area contributed by atoms with E-state index in [0.29, 0.717) is 19.8 Å². The topological polar surface area (TPSA) is 47.6 Å². The maximum Gasteiger partial charge on any atom is 0.327 e. The largest absolute Gasteiger partial charge is 0.465 e. The van der Waals surface area contributed by atoms with Gasteiger partial charge in [0.1, 0.15) is 6.04 Å². The molecule has 1 unspecified atom stereocenters. The summed E-state index contributed by atoms with van der Waals surface area (Å²) >= 11 is 0.